The Balaban J connectivity index is 2.60. The number of halogens is 1. The molecule has 0 atom stereocenters. The molecule has 0 unspecified atom stereocenters. The second-order valence-corrected chi connectivity index (χ2v) is 4.65. The van der Waals surface area contributed by atoms with Crippen molar-refractivity contribution in [3.8, 4) is 6.07 Å². The summed E-state index contributed by atoms with van der Waals surface area (Å²) in [6.45, 7) is 0.449. The lowest BCUT2D eigenvalue weighted by atomic mass is 10.2. The van der Waals surface area contributed by atoms with Gasteiger partial charge < -0.3 is 5.32 Å². The van der Waals surface area contributed by atoms with Crippen molar-refractivity contribution in [3.63, 3.8) is 0 Å². The Morgan fingerprint density at radius 1 is 1.47 bits per heavy atom. The summed E-state index contributed by atoms with van der Waals surface area (Å²) < 4.78 is 0.336. The van der Waals surface area contributed by atoms with E-state index in [1.807, 2.05) is 6.07 Å². The number of carbonyl (C=O) groups is 1. The number of nitro benzene ring substituents is 1. The molecule has 7 heteroatoms. The highest BCUT2D eigenvalue weighted by molar-refractivity contribution is 9.10. The van der Waals surface area contributed by atoms with Gasteiger partial charge in [-0.15, -0.1) is 0 Å². The van der Waals surface area contributed by atoms with E-state index in [-0.39, 0.29) is 17.2 Å². The zero-order valence-electron chi connectivity index (χ0n) is 10.1. The van der Waals surface area contributed by atoms with Crippen LogP contribution in [0.5, 0.6) is 0 Å². The van der Waals surface area contributed by atoms with Crippen molar-refractivity contribution in [3.05, 3.63) is 38.3 Å². The Kier molecular flexibility index (Phi) is 5.96. The minimum absolute atomic E-state index is 0.142. The van der Waals surface area contributed by atoms with E-state index < -0.39 is 4.92 Å². The highest BCUT2D eigenvalue weighted by Gasteiger charge is 2.15. The van der Waals surface area contributed by atoms with Gasteiger partial charge in [0.05, 0.1) is 15.5 Å². The first-order valence-electron chi connectivity index (χ1n) is 5.65. The lowest BCUT2D eigenvalue weighted by molar-refractivity contribution is -0.385. The maximum atomic E-state index is 11.7. The fraction of sp³-hybridized carbons (Fsp3) is 0.333. The van der Waals surface area contributed by atoms with Crippen LogP contribution in [0.15, 0.2) is 22.7 Å². The van der Waals surface area contributed by atoms with Gasteiger partial charge >= 0.3 is 0 Å². The third kappa shape index (κ3) is 4.67. The summed E-state index contributed by atoms with van der Waals surface area (Å²) >= 11 is 3.06. The largest absolute Gasteiger partial charge is 0.352 e. The quantitative estimate of drug-likeness (QED) is 0.494. The van der Waals surface area contributed by atoms with Crippen molar-refractivity contribution in [2.45, 2.75) is 19.3 Å². The number of benzene rings is 1. The Hall–Kier alpha value is -1.94. The Labute approximate surface area is 118 Å². The molecule has 0 spiro atoms. The molecule has 1 aromatic rings. The molecule has 1 rings (SSSR count). The topological polar surface area (TPSA) is 96.0 Å². The van der Waals surface area contributed by atoms with Gasteiger partial charge in [-0.1, -0.05) is 0 Å². The fourth-order valence-corrected chi connectivity index (χ4v) is 1.82. The lowest BCUT2D eigenvalue weighted by Crippen LogP contribution is -2.24. The molecular weight excluding hydrogens is 314 g/mol. The summed E-state index contributed by atoms with van der Waals surface area (Å²) in [6.07, 6.45) is 1.88. The standard InChI is InChI=1S/C12H12BrN3O3/c13-10-5-4-9(8-11(10)16(18)19)12(17)15-7-3-1-2-6-14/h4-5,8H,1-3,7H2,(H,15,17). The molecule has 100 valence electrons. The molecule has 0 radical (unpaired) electrons. The molecule has 0 fully saturated rings. The lowest BCUT2D eigenvalue weighted by Gasteiger charge is -2.05. The van der Waals surface area contributed by atoms with Crippen LogP contribution in [-0.4, -0.2) is 17.4 Å². The van der Waals surface area contributed by atoms with Crippen molar-refractivity contribution in [1.29, 1.82) is 5.26 Å². The van der Waals surface area contributed by atoms with Crippen LogP contribution in [-0.2, 0) is 0 Å². The Bertz CT molecular complexity index is 525. The number of nitrogens with one attached hydrogen (secondary N) is 1. The number of rotatable bonds is 6. The summed E-state index contributed by atoms with van der Waals surface area (Å²) in [5, 5.41) is 21.8. The van der Waals surface area contributed by atoms with Crippen molar-refractivity contribution in [2.24, 2.45) is 0 Å². The van der Waals surface area contributed by atoms with Crippen molar-refractivity contribution in [1.82, 2.24) is 5.32 Å². The van der Waals surface area contributed by atoms with E-state index in [1.54, 1.807) is 0 Å². The van der Waals surface area contributed by atoms with Gasteiger partial charge in [-0.25, -0.2) is 0 Å². The fourth-order valence-electron chi connectivity index (χ4n) is 1.43. The molecule has 0 heterocycles. The monoisotopic (exact) mass is 325 g/mol. The predicted octanol–water partition coefficient (Wildman–Crippen LogP) is 2.78. The van der Waals surface area contributed by atoms with E-state index in [0.29, 0.717) is 23.9 Å². The number of carbonyl (C=O) groups excluding carboxylic acids is 1. The van der Waals surface area contributed by atoms with Gasteiger partial charge in [0.2, 0.25) is 0 Å². The molecule has 19 heavy (non-hydrogen) atoms. The number of nitro groups is 1. The molecule has 6 nitrogen and oxygen atoms in total. The summed E-state index contributed by atoms with van der Waals surface area (Å²) in [6, 6.07) is 6.24. The van der Waals surface area contributed by atoms with Crippen LogP contribution < -0.4 is 5.32 Å². The van der Waals surface area contributed by atoms with E-state index in [1.165, 1.54) is 18.2 Å². The maximum absolute atomic E-state index is 11.7. The van der Waals surface area contributed by atoms with Crippen LogP contribution in [0.4, 0.5) is 5.69 Å². The highest BCUT2D eigenvalue weighted by atomic mass is 79.9. The van der Waals surface area contributed by atoms with Gasteiger partial charge in [0.25, 0.3) is 11.6 Å². The van der Waals surface area contributed by atoms with Crippen LogP contribution in [0, 0.1) is 21.4 Å². The van der Waals surface area contributed by atoms with Crippen molar-refractivity contribution < 1.29 is 9.72 Å². The number of nitrogens with zero attached hydrogens (tertiary/aromatic N) is 2. The smallest absolute Gasteiger partial charge is 0.284 e. The van der Waals surface area contributed by atoms with Gasteiger partial charge in [0.15, 0.2) is 0 Å². The van der Waals surface area contributed by atoms with Gasteiger partial charge in [-0.3, -0.25) is 14.9 Å². The average molecular weight is 326 g/mol. The zero-order chi connectivity index (χ0) is 14.3. The van der Waals surface area contributed by atoms with E-state index in [4.69, 9.17) is 5.26 Å². The molecule has 0 aliphatic heterocycles. The summed E-state index contributed by atoms with van der Waals surface area (Å²) in [5.74, 6) is -0.354. The molecule has 0 aromatic heterocycles. The maximum Gasteiger partial charge on any atom is 0.284 e. The molecular formula is C12H12BrN3O3. The van der Waals surface area contributed by atoms with Crippen LogP contribution >= 0.6 is 15.9 Å². The first kappa shape index (κ1) is 15.1. The van der Waals surface area contributed by atoms with Crippen LogP contribution in [0.2, 0.25) is 0 Å². The van der Waals surface area contributed by atoms with Gasteiger partial charge in [-0.2, -0.15) is 5.26 Å². The number of unbranched alkanes of at least 4 members (excludes halogenated alkanes) is 2. The molecule has 1 aromatic carbocycles. The third-order valence-electron chi connectivity index (χ3n) is 2.41. The second kappa shape index (κ2) is 7.48. The summed E-state index contributed by atoms with van der Waals surface area (Å²) in [5.41, 5.74) is 0.104. The molecule has 0 bridgehead atoms. The van der Waals surface area contributed by atoms with E-state index in [9.17, 15) is 14.9 Å². The molecule has 1 N–H and O–H groups in total. The average Bonchev–Trinajstić information content (AvgIpc) is 2.38. The molecule has 1 amide bonds. The Morgan fingerprint density at radius 3 is 2.84 bits per heavy atom. The van der Waals surface area contributed by atoms with Crippen LogP contribution in [0.25, 0.3) is 0 Å². The predicted molar refractivity (Wildman–Crippen MR) is 72.6 cm³/mol. The normalized spacial score (nSPS) is 9.68. The minimum Gasteiger partial charge on any atom is -0.352 e. The van der Waals surface area contributed by atoms with Crippen LogP contribution in [0.1, 0.15) is 29.6 Å². The first-order chi connectivity index (χ1) is 9.06. The zero-order valence-corrected chi connectivity index (χ0v) is 11.6. The summed E-state index contributed by atoms with van der Waals surface area (Å²) in [7, 11) is 0. The second-order valence-electron chi connectivity index (χ2n) is 3.79. The minimum atomic E-state index is -0.548. The number of hydrogen-bond acceptors (Lipinski definition) is 4. The first-order valence-corrected chi connectivity index (χ1v) is 6.44. The SMILES string of the molecule is N#CCCCCNC(=O)c1ccc(Br)c([N+](=O)[O-])c1. The molecule has 0 aliphatic rings. The number of hydrogen-bond donors (Lipinski definition) is 1. The molecule has 0 saturated carbocycles. The van der Waals surface area contributed by atoms with Gasteiger partial charge in [0, 0.05) is 24.6 Å². The van der Waals surface area contributed by atoms with Gasteiger partial charge in [0.1, 0.15) is 0 Å². The van der Waals surface area contributed by atoms with E-state index in [0.717, 1.165) is 6.42 Å². The van der Waals surface area contributed by atoms with E-state index in [2.05, 4.69) is 21.2 Å². The molecule has 0 aliphatic carbocycles. The summed E-state index contributed by atoms with van der Waals surface area (Å²) in [4.78, 5) is 21.9. The molecule has 0 saturated heterocycles. The third-order valence-corrected chi connectivity index (χ3v) is 3.08. The van der Waals surface area contributed by atoms with Crippen molar-refractivity contribution in [2.75, 3.05) is 6.54 Å². The van der Waals surface area contributed by atoms with Crippen molar-refractivity contribution >= 4 is 27.5 Å². The van der Waals surface area contributed by atoms with E-state index >= 15 is 0 Å². The number of amides is 1. The Morgan fingerprint density at radius 2 is 2.21 bits per heavy atom. The number of nitriles is 1. The highest BCUT2D eigenvalue weighted by Crippen LogP contribution is 2.25. The van der Waals surface area contributed by atoms with Crippen LogP contribution in [0.3, 0.4) is 0 Å². The van der Waals surface area contributed by atoms with Gasteiger partial charge in [-0.05, 0) is 40.9 Å².